The molecule has 0 saturated heterocycles. The van der Waals surface area contributed by atoms with Crippen molar-refractivity contribution in [3.05, 3.63) is 133 Å². The van der Waals surface area contributed by atoms with Crippen molar-refractivity contribution >= 4 is 74.7 Å². The molecule has 0 N–H and O–H groups in total. The van der Waals surface area contributed by atoms with E-state index >= 15 is 0 Å². The lowest BCUT2D eigenvalue weighted by atomic mass is 9.95. The molecule has 0 atom stereocenters. The van der Waals surface area contributed by atoms with Crippen molar-refractivity contribution in [2.75, 3.05) is 0 Å². The van der Waals surface area contributed by atoms with Gasteiger partial charge in [0.15, 0.2) is 5.82 Å². The molecule has 0 aliphatic rings. The maximum atomic E-state index is 5.29. The van der Waals surface area contributed by atoms with Crippen molar-refractivity contribution in [3.63, 3.8) is 0 Å². The molecular formula is C38H22N2S. The van der Waals surface area contributed by atoms with Crippen LogP contribution in [0.15, 0.2) is 133 Å². The van der Waals surface area contributed by atoms with Crippen molar-refractivity contribution < 1.29 is 0 Å². The molecule has 0 aliphatic heterocycles. The molecule has 0 spiro atoms. The van der Waals surface area contributed by atoms with E-state index in [1.54, 1.807) is 0 Å². The van der Waals surface area contributed by atoms with E-state index in [4.69, 9.17) is 9.97 Å². The summed E-state index contributed by atoms with van der Waals surface area (Å²) in [6, 6.07) is 47.7. The van der Waals surface area contributed by atoms with Crippen molar-refractivity contribution in [1.29, 1.82) is 0 Å². The Hall–Kier alpha value is -5.12. The summed E-state index contributed by atoms with van der Waals surface area (Å²) in [6.45, 7) is 0. The van der Waals surface area contributed by atoms with Crippen LogP contribution in [0.25, 0.3) is 86.0 Å². The quantitative estimate of drug-likeness (QED) is 0.205. The molecule has 2 heterocycles. The fraction of sp³-hybridized carbons (Fsp3) is 0. The SMILES string of the molecule is c1ccc2cc(-c3nc(-c4cc5ccc6c7ccccc7sc6c5c5ccccc45)nc4ccccc34)ccc2c1. The number of thiophene rings is 1. The fourth-order valence-electron chi connectivity index (χ4n) is 6.31. The minimum atomic E-state index is 0.751. The molecule has 41 heavy (non-hydrogen) atoms. The highest BCUT2D eigenvalue weighted by molar-refractivity contribution is 7.26. The summed E-state index contributed by atoms with van der Waals surface area (Å²) in [7, 11) is 0. The molecule has 190 valence electrons. The number of benzene rings is 7. The topological polar surface area (TPSA) is 25.8 Å². The van der Waals surface area contributed by atoms with Gasteiger partial charge in [0.25, 0.3) is 0 Å². The standard InChI is InChI=1S/C38H22N2S/c1-2-10-24-21-26(18-17-23(24)9-1)36-31-14-5-7-15-33(31)39-38(40-36)32-22-25-19-20-30-28-12-6-8-16-34(28)41-37(30)35(25)29-13-4-3-11-27(29)32/h1-22H. The molecule has 0 radical (unpaired) electrons. The third-order valence-corrected chi connectivity index (χ3v) is 9.44. The molecule has 3 heteroatoms. The zero-order valence-corrected chi connectivity index (χ0v) is 22.8. The summed E-state index contributed by atoms with van der Waals surface area (Å²) in [6.07, 6.45) is 0. The average Bonchev–Trinajstić information content (AvgIpc) is 3.42. The van der Waals surface area contributed by atoms with Gasteiger partial charge >= 0.3 is 0 Å². The van der Waals surface area contributed by atoms with Crippen LogP contribution >= 0.6 is 11.3 Å². The molecule has 0 saturated carbocycles. The minimum absolute atomic E-state index is 0.751. The van der Waals surface area contributed by atoms with Gasteiger partial charge in [0.1, 0.15) is 0 Å². The van der Waals surface area contributed by atoms with Crippen LogP contribution in [0.2, 0.25) is 0 Å². The normalized spacial score (nSPS) is 11.9. The predicted octanol–water partition coefficient (Wildman–Crippen LogP) is 10.8. The zero-order valence-electron chi connectivity index (χ0n) is 22.0. The number of hydrogen-bond acceptors (Lipinski definition) is 3. The van der Waals surface area contributed by atoms with Crippen LogP contribution in [0.1, 0.15) is 0 Å². The Morgan fingerprint density at radius 2 is 1.17 bits per heavy atom. The molecule has 0 amide bonds. The predicted molar refractivity (Wildman–Crippen MR) is 176 cm³/mol. The lowest BCUT2D eigenvalue weighted by molar-refractivity contribution is 1.24. The Kier molecular flexibility index (Phi) is 4.80. The van der Waals surface area contributed by atoms with E-state index in [1.807, 2.05) is 11.3 Å². The molecule has 7 aromatic carbocycles. The first-order chi connectivity index (χ1) is 20.3. The van der Waals surface area contributed by atoms with Gasteiger partial charge in [-0.3, -0.25) is 0 Å². The maximum absolute atomic E-state index is 5.29. The van der Waals surface area contributed by atoms with E-state index < -0.39 is 0 Å². The van der Waals surface area contributed by atoms with E-state index in [-0.39, 0.29) is 0 Å². The molecular weight excluding hydrogens is 516 g/mol. The molecule has 9 aromatic rings. The highest BCUT2D eigenvalue weighted by Crippen LogP contribution is 2.43. The summed E-state index contributed by atoms with van der Waals surface area (Å²) >= 11 is 1.88. The second-order valence-corrected chi connectivity index (χ2v) is 11.6. The number of hydrogen-bond donors (Lipinski definition) is 0. The van der Waals surface area contributed by atoms with Crippen LogP contribution in [0.4, 0.5) is 0 Å². The molecule has 0 unspecified atom stereocenters. The summed E-state index contributed by atoms with van der Waals surface area (Å²) in [5, 5.41) is 11.0. The third kappa shape index (κ3) is 3.43. The maximum Gasteiger partial charge on any atom is 0.161 e. The molecule has 2 nitrogen and oxygen atoms in total. The molecule has 9 rings (SSSR count). The highest BCUT2D eigenvalue weighted by Gasteiger charge is 2.17. The number of nitrogens with zero attached hydrogens (tertiary/aromatic N) is 2. The van der Waals surface area contributed by atoms with Gasteiger partial charge < -0.3 is 0 Å². The van der Waals surface area contributed by atoms with Crippen molar-refractivity contribution in [3.8, 4) is 22.6 Å². The van der Waals surface area contributed by atoms with E-state index in [2.05, 4.69) is 133 Å². The Bertz CT molecular complexity index is 2490. The van der Waals surface area contributed by atoms with Gasteiger partial charge in [-0.05, 0) is 51.2 Å². The molecule has 2 aromatic heterocycles. The van der Waals surface area contributed by atoms with Crippen LogP contribution in [-0.2, 0) is 0 Å². The Labute approximate surface area is 240 Å². The van der Waals surface area contributed by atoms with Crippen molar-refractivity contribution in [2.24, 2.45) is 0 Å². The van der Waals surface area contributed by atoms with Gasteiger partial charge in [-0.25, -0.2) is 9.97 Å². The van der Waals surface area contributed by atoms with E-state index in [0.29, 0.717) is 0 Å². The Morgan fingerprint density at radius 1 is 0.463 bits per heavy atom. The molecule has 0 fully saturated rings. The first-order valence-electron chi connectivity index (χ1n) is 13.8. The lowest BCUT2D eigenvalue weighted by Gasteiger charge is -2.14. The minimum Gasteiger partial charge on any atom is -0.228 e. The number of rotatable bonds is 2. The summed E-state index contributed by atoms with van der Waals surface area (Å²) in [5.74, 6) is 0.751. The van der Waals surface area contributed by atoms with Gasteiger partial charge in [0, 0.05) is 42.1 Å². The first kappa shape index (κ1) is 22.7. The van der Waals surface area contributed by atoms with Gasteiger partial charge in [0.05, 0.1) is 11.2 Å². The molecule has 0 aliphatic carbocycles. The Balaban J connectivity index is 1.36. The van der Waals surface area contributed by atoms with Gasteiger partial charge in [-0.2, -0.15) is 0 Å². The van der Waals surface area contributed by atoms with Gasteiger partial charge in [-0.1, -0.05) is 109 Å². The molecule has 0 bridgehead atoms. The van der Waals surface area contributed by atoms with Crippen LogP contribution in [-0.4, -0.2) is 9.97 Å². The zero-order chi connectivity index (χ0) is 26.9. The van der Waals surface area contributed by atoms with Crippen LogP contribution in [0.5, 0.6) is 0 Å². The Morgan fingerprint density at radius 3 is 2.07 bits per heavy atom. The van der Waals surface area contributed by atoms with E-state index in [1.165, 1.54) is 52.5 Å². The summed E-state index contributed by atoms with van der Waals surface area (Å²) in [4.78, 5) is 10.4. The lowest BCUT2D eigenvalue weighted by Crippen LogP contribution is -1.96. The van der Waals surface area contributed by atoms with Gasteiger partial charge in [0.2, 0.25) is 0 Å². The largest absolute Gasteiger partial charge is 0.228 e. The first-order valence-corrected chi connectivity index (χ1v) is 14.7. The van der Waals surface area contributed by atoms with Crippen molar-refractivity contribution in [1.82, 2.24) is 9.97 Å². The summed E-state index contributed by atoms with van der Waals surface area (Å²) in [5.41, 5.74) is 4.06. The number of aromatic nitrogens is 2. The van der Waals surface area contributed by atoms with Gasteiger partial charge in [-0.15, -0.1) is 11.3 Å². The second kappa shape index (κ2) is 8.69. The number of para-hydroxylation sites is 1. The van der Waals surface area contributed by atoms with E-state index in [0.717, 1.165) is 33.5 Å². The van der Waals surface area contributed by atoms with Crippen molar-refractivity contribution in [2.45, 2.75) is 0 Å². The van der Waals surface area contributed by atoms with Crippen LogP contribution < -0.4 is 0 Å². The van der Waals surface area contributed by atoms with Crippen LogP contribution in [0.3, 0.4) is 0 Å². The smallest absolute Gasteiger partial charge is 0.161 e. The van der Waals surface area contributed by atoms with Crippen LogP contribution in [0, 0.1) is 0 Å². The second-order valence-electron chi connectivity index (χ2n) is 10.6. The average molecular weight is 539 g/mol. The number of fused-ring (bicyclic) bond motifs is 9. The monoisotopic (exact) mass is 538 g/mol. The third-order valence-electron chi connectivity index (χ3n) is 8.23. The van der Waals surface area contributed by atoms with E-state index in [9.17, 15) is 0 Å². The summed E-state index contributed by atoms with van der Waals surface area (Å²) < 4.78 is 2.66. The highest BCUT2D eigenvalue weighted by atomic mass is 32.1. The fourth-order valence-corrected chi connectivity index (χ4v) is 7.58.